The first-order valence-electron chi connectivity index (χ1n) is 6.63. The number of nitrogens with one attached hydrogen (secondary N) is 1. The Balaban J connectivity index is 2.54. The molecule has 3 nitrogen and oxygen atoms in total. The molecule has 0 aliphatic carbocycles. The number of likely N-dealkylation sites (tertiary alicyclic amines) is 1. The molecule has 96 valence electrons. The van der Waals surface area contributed by atoms with Crippen molar-refractivity contribution in [3.63, 3.8) is 0 Å². The van der Waals surface area contributed by atoms with Gasteiger partial charge in [0.25, 0.3) is 0 Å². The molecule has 2 unspecified atom stereocenters. The highest BCUT2D eigenvalue weighted by atomic mass is 16.3. The predicted molar refractivity (Wildman–Crippen MR) is 68.6 cm³/mol. The Bertz CT molecular complexity index is 208. The molecular weight excluding hydrogens is 200 g/mol. The lowest BCUT2D eigenvalue weighted by atomic mass is 10.0. The number of hydrogen-bond acceptors (Lipinski definition) is 3. The van der Waals surface area contributed by atoms with E-state index < -0.39 is 0 Å². The highest BCUT2D eigenvalue weighted by molar-refractivity contribution is 4.91. The standard InChI is InChI=1S/C13H28N2O/c1-5-12-7-6-8-15(12)9-13(4,10-16)14-11(2)3/h11-12,14,16H,5-10H2,1-4H3. The van der Waals surface area contributed by atoms with E-state index >= 15 is 0 Å². The van der Waals surface area contributed by atoms with Crippen molar-refractivity contribution in [3.8, 4) is 0 Å². The van der Waals surface area contributed by atoms with Crippen LogP contribution in [0.1, 0.15) is 47.0 Å². The lowest BCUT2D eigenvalue weighted by Crippen LogP contribution is -2.56. The van der Waals surface area contributed by atoms with E-state index in [1.165, 1.54) is 25.8 Å². The molecule has 0 radical (unpaired) electrons. The number of hydrogen-bond donors (Lipinski definition) is 2. The van der Waals surface area contributed by atoms with E-state index in [-0.39, 0.29) is 12.1 Å². The van der Waals surface area contributed by atoms with Gasteiger partial charge in [-0.05, 0) is 32.7 Å². The monoisotopic (exact) mass is 228 g/mol. The van der Waals surface area contributed by atoms with Crippen molar-refractivity contribution in [3.05, 3.63) is 0 Å². The van der Waals surface area contributed by atoms with Crippen molar-refractivity contribution in [2.75, 3.05) is 19.7 Å². The van der Waals surface area contributed by atoms with Crippen LogP contribution < -0.4 is 5.32 Å². The van der Waals surface area contributed by atoms with Gasteiger partial charge in [-0.1, -0.05) is 20.8 Å². The first-order valence-corrected chi connectivity index (χ1v) is 6.63. The zero-order chi connectivity index (χ0) is 12.2. The van der Waals surface area contributed by atoms with Crippen LogP contribution in [0.3, 0.4) is 0 Å². The topological polar surface area (TPSA) is 35.5 Å². The van der Waals surface area contributed by atoms with Crippen LogP contribution in [-0.4, -0.2) is 47.3 Å². The molecule has 1 heterocycles. The second-order valence-electron chi connectivity index (χ2n) is 5.69. The average molecular weight is 228 g/mol. The minimum atomic E-state index is -0.161. The van der Waals surface area contributed by atoms with E-state index in [4.69, 9.17) is 0 Å². The number of rotatable bonds is 6. The molecule has 0 spiro atoms. The first kappa shape index (κ1) is 13.9. The van der Waals surface area contributed by atoms with Gasteiger partial charge in [-0.3, -0.25) is 4.90 Å². The highest BCUT2D eigenvalue weighted by Gasteiger charge is 2.31. The third kappa shape index (κ3) is 3.72. The number of aliphatic hydroxyl groups excluding tert-OH is 1. The molecule has 3 heteroatoms. The minimum absolute atomic E-state index is 0.161. The van der Waals surface area contributed by atoms with Crippen LogP contribution in [-0.2, 0) is 0 Å². The van der Waals surface area contributed by atoms with Crippen LogP contribution in [0.2, 0.25) is 0 Å². The van der Waals surface area contributed by atoms with Crippen molar-refractivity contribution in [1.82, 2.24) is 10.2 Å². The summed E-state index contributed by atoms with van der Waals surface area (Å²) in [7, 11) is 0. The van der Waals surface area contributed by atoms with Crippen LogP contribution in [0.5, 0.6) is 0 Å². The van der Waals surface area contributed by atoms with Crippen molar-refractivity contribution in [2.45, 2.75) is 64.6 Å². The van der Waals surface area contributed by atoms with E-state index in [2.05, 4.69) is 37.9 Å². The van der Waals surface area contributed by atoms with Crippen molar-refractivity contribution in [2.24, 2.45) is 0 Å². The Hall–Kier alpha value is -0.120. The quantitative estimate of drug-likeness (QED) is 0.725. The lowest BCUT2D eigenvalue weighted by Gasteiger charge is -2.37. The minimum Gasteiger partial charge on any atom is -0.394 e. The second-order valence-corrected chi connectivity index (χ2v) is 5.69. The van der Waals surface area contributed by atoms with E-state index in [0.717, 1.165) is 12.6 Å². The Morgan fingerprint density at radius 3 is 2.69 bits per heavy atom. The zero-order valence-electron chi connectivity index (χ0n) is 11.3. The summed E-state index contributed by atoms with van der Waals surface area (Å²) < 4.78 is 0. The average Bonchev–Trinajstić information content (AvgIpc) is 2.63. The molecule has 1 fully saturated rings. The molecular formula is C13H28N2O. The van der Waals surface area contributed by atoms with Crippen molar-refractivity contribution in [1.29, 1.82) is 0 Å². The van der Waals surface area contributed by atoms with Gasteiger partial charge in [0.15, 0.2) is 0 Å². The lowest BCUT2D eigenvalue weighted by molar-refractivity contribution is 0.106. The first-order chi connectivity index (χ1) is 7.50. The second kappa shape index (κ2) is 5.99. The molecule has 16 heavy (non-hydrogen) atoms. The van der Waals surface area contributed by atoms with Gasteiger partial charge in [-0.25, -0.2) is 0 Å². The Labute approximate surface area is 100 Å². The fourth-order valence-corrected chi connectivity index (χ4v) is 2.85. The van der Waals surface area contributed by atoms with E-state index in [1.807, 2.05) is 0 Å². The summed E-state index contributed by atoms with van der Waals surface area (Å²) in [4.78, 5) is 2.53. The SMILES string of the molecule is CCC1CCCN1CC(C)(CO)NC(C)C. The predicted octanol–water partition coefficient (Wildman–Crippen LogP) is 1.61. The van der Waals surface area contributed by atoms with Gasteiger partial charge in [0.1, 0.15) is 0 Å². The van der Waals surface area contributed by atoms with Gasteiger partial charge in [-0.15, -0.1) is 0 Å². The summed E-state index contributed by atoms with van der Waals surface area (Å²) in [5.74, 6) is 0. The van der Waals surface area contributed by atoms with Crippen LogP contribution >= 0.6 is 0 Å². The third-order valence-corrected chi connectivity index (χ3v) is 3.51. The summed E-state index contributed by atoms with van der Waals surface area (Å²) in [6.07, 6.45) is 3.85. The molecule has 0 aromatic carbocycles. The van der Waals surface area contributed by atoms with Gasteiger partial charge in [0.2, 0.25) is 0 Å². The number of nitrogens with zero attached hydrogens (tertiary/aromatic N) is 1. The Morgan fingerprint density at radius 2 is 2.19 bits per heavy atom. The van der Waals surface area contributed by atoms with Crippen molar-refractivity contribution >= 4 is 0 Å². The summed E-state index contributed by atoms with van der Waals surface area (Å²) in [5, 5.41) is 13.1. The van der Waals surface area contributed by atoms with Gasteiger partial charge in [0, 0.05) is 18.6 Å². The summed E-state index contributed by atoms with van der Waals surface area (Å²) in [6, 6.07) is 1.14. The van der Waals surface area contributed by atoms with Gasteiger partial charge < -0.3 is 10.4 Å². The maximum absolute atomic E-state index is 9.56. The third-order valence-electron chi connectivity index (χ3n) is 3.51. The molecule has 0 saturated carbocycles. The molecule has 1 aliphatic rings. The molecule has 2 N–H and O–H groups in total. The van der Waals surface area contributed by atoms with Crippen LogP contribution in [0, 0.1) is 0 Å². The molecule has 0 amide bonds. The molecule has 0 aromatic heterocycles. The summed E-state index contributed by atoms with van der Waals surface area (Å²) in [5.41, 5.74) is -0.161. The van der Waals surface area contributed by atoms with Crippen molar-refractivity contribution < 1.29 is 5.11 Å². The molecule has 2 atom stereocenters. The molecule has 1 aliphatic heterocycles. The Morgan fingerprint density at radius 1 is 1.50 bits per heavy atom. The molecule has 1 rings (SSSR count). The van der Waals surface area contributed by atoms with Gasteiger partial charge in [-0.2, -0.15) is 0 Å². The van der Waals surface area contributed by atoms with Crippen LogP contribution in [0.4, 0.5) is 0 Å². The maximum Gasteiger partial charge on any atom is 0.0623 e. The smallest absolute Gasteiger partial charge is 0.0623 e. The summed E-state index contributed by atoms with van der Waals surface area (Å²) in [6.45, 7) is 11.0. The molecule has 0 aromatic rings. The molecule has 0 bridgehead atoms. The largest absolute Gasteiger partial charge is 0.394 e. The van der Waals surface area contributed by atoms with Gasteiger partial charge >= 0.3 is 0 Å². The maximum atomic E-state index is 9.56. The highest BCUT2D eigenvalue weighted by Crippen LogP contribution is 2.22. The van der Waals surface area contributed by atoms with E-state index in [9.17, 15) is 5.11 Å². The number of aliphatic hydroxyl groups is 1. The zero-order valence-corrected chi connectivity index (χ0v) is 11.3. The fourth-order valence-electron chi connectivity index (χ4n) is 2.85. The summed E-state index contributed by atoms with van der Waals surface area (Å²) >= 11 is 0. The fraction of sp³-hybridized carbons (Fsp3) is 1.00. The van der Waals surface area contributed by atoms with Gasteiger partial charge in [0.05, 0.1) is 12.1 Å². The normalized spacial score (nSPS) is 26.2. The Kier molecular flexibility index (Phi) is 5.22. The van der Waals surface area contributed by atoms with E-state index in [1.54, 1.807) is 0 Å². The van der Waals surface area contributed by atoms with Crippen LogP contribution in [0.15, 0.2) is 0 Å². The van der Waals surface area contributed by atoms with E-state index in [0.29, 0.717) is 6.04 Å². The molecule has 1 saturated heterocycles. The van der Waals surface area contributed by atoms with Crippen LogP contribution in [0.25, 0.3) is 0 Å².